The van der Waals surface area contributed by atoms with Crippen LogP contribution in [0.15, 0.2) is 0 Å². The first-order valence-corrected chi connectivity index (χ1v) is 6.50. The third-order valence-corrected chi connectivity index (χ3v) is 3.57. The van der Waals surface area contributed by atoms with Gasteiger partial charge in [-0.05, 0) is 12.8 Å². The highest BCUT2D eigenvalue weighted by atomic mass is 16.3. The standard InChI is InChI=1S/C12H20N4O2/c1-3-10-13-11(15-14-10)12(18)16(2)8-6-4-5-7-9(8)17/h8-9,17H,3-7H2,1-2H3,(H,13,14,15). The molecule has 1 saturated carbocycles. The van der Waals surface area contributed by atoms with E-state index in [1.165, 1.54) is 0 Å². The van der Waals surface area contributed by atoms with E-state index in [-0.39, 0.29) is 17.8 Å². The summed E-state index contributed by atoms with van der Waals surface area (Å²) < 4.78 is 0. The molecule has 1 heterocycles. The monoisotopic (exact) mass is 252 g/mol. The number of aliphatic hydroxyl groups excluding tert-OH is 1. The van der Waals surface area contributed by atoms with E-state index >= 15 is 0 Å². The minimum Gasteiger partial charge on any atom is -0.391 e. The smallest absolute Gasteiger partial charge is 0.293 e. The molecule has 2 unspecified atom stereocenters. The predicted octanol–water partition coefficient (Wildman–Crippen LogP) is 0.743. The average Bonchev–Trinajstić information content (AvgIpc) is 2.86. The second-order valence-electron chi connectivity index (χ2n) is 4.79. The van der Waals surface area contributed by atoms with Crippen molar-refractivity contribution in [1.29, 1.82) is 0 Å². The van der Waals surface area contributed by atoms with Crippen LogP contribution in [0, 0.1) is 0 Å². The van der Waals surface area contributed by atoms with Crippen molar-refractivity contribution in [2.45, 2.75) is 51.2 Å². The van der Waals surface area contributed by atoms with Crippen molar-refractivity contribution in [3.05, 3.63) is 11.6 Å². The number of carbonyl (C=O) groups excluding carboxylic acids is 1. The van der Waals surface area contributed by atoms with Gasteiger partial charge in [0.15, 0.2) is 0 Å². The third kappa shape index (κ3) is 2.53. The van der Waals surface area contributed by atoms with Gasteiger partial charge in [-0.3, -0.25) is 9.89 Å². The van der Waals surface area contributed by atoms with E-state index in [1.807, 2.05) is 6.92 Å². The van der Waals surface area contributed by atoms with Gasteiger partial charge < -0.3 is 10.0 Å². The number of nitrogens with zero attached hydrogens (tertiary/aromatic N) is 3. The van der Waals surface area contributed by atoms with Gasteiger partial charge in [-0.2, -0.15) is 0 Å². The SMILES string of the molecule is CCc1nc(C(=O)N(C)C2CCCCC2O)n[nH]1. The summed E-state index contributed by atoms with van der Waals surface area (Å²) in [4.78, 5) is 17.9. The van der Waals surface area contributed by atoms with Crippen LogP contribution in [0.2, 0.25) is 0 Å². The molecule has 1 aromatic rings. The number of aromatic nitrogens is 3. The van der Waals surface area contributed by atoms with Crippen molar-refractivity contribution in [2.24, 2.45) is 0 Å². The Morgan fingerprint density at radius 2 is 2.22 bits per heavy atom. The number of H-pyrrole nitrogens is 1. The van der Waals surface area contributed by atoms with Gasteiger partial charge in [0, 0.05) is 13.5 Å². The van der Waals surface area contributed by atoms with E-state index in [9.17, 15) is 9.90 Å². The predicted molar refractivity (Wildman–Crippen MR) is 66.1 cm³/mol. The molecule has 2 N–H and O–H groups in total. The lowest BCUT2D eigenvalue weighted by atomic mass is 9.91. The van der Waals surface area contributed by atoms with E-state index in [4.69, 9.17) is 0 Å². The quantitative estimate of drug-likeness (QED) is 0.831. The molecule has 18 heavy (non-hydrogen) atoms. The Bertz CT molecular complexity index is 418. The van der Waals surface area contributed by atoms with Crippen LogP contribution < -0.4 is 0 Å². The fourth-order valence-electron chi connectivity index (χ4n) is 2.40. The van der Waals surface area contributed by atoms with Crippen LogP contribution in [0.5, 0.6) is 0 Å². The minimum atomic E-state index is -0.433. The van der Waals surface area contributed by atoms with E-state index < -0.39 is 6.10 Å². The van der Waals surface area contributed by atoms with Crippen molar-refractivity contribution in [1.82, 2.24) is 20.1 Å². The molecule has 1 aromatic heterocycles. The molecule has 0 aromatic carbocycles. The lowest BCUT2D eigenvalue weighted by Crippen LogP contribution is -2.46. The van der Waals surface area contributed by atoms with Gasteiger partial charge in [0.2, 0.25) is 5.82 Å². The third-order valence-electron chi connectivity index (χ3n) is 3.57. The Kier molecular flexibility index (Phi) is 3.96. The summed E-state index contributed by atoms with van der Waals surface area (Å²) >= 11 is 0. The Morgan fingerprint density at radius 3 is 2.83 bits per heavy atom. The number of nitrogens with one attached hydrogen (secondary N) is 1. The highest BCUT2D eigenvalue weighted by Crippen LogP contribution is 2.23. The molecular formula is C12H20N4O2. The number of likely N-dealkylation sites (N-methyl/N-ethyl adjacent to an activating group) is 1. The number of carbonyl (C=O) groups is 1. The molecule has 0 radical (unpaired) electrons. The second-order valence-corrected chi connectivity index (χ2v) is 4.79. The molecule has 0 spiro atoms. The maximum absolute atomic E-state index is 12.2. The Balaban J connectivity index is 2.07. The van der Waals surface area contributed by atoms with Crippen molar-refractivity contribution in [3.8, 4) is 0 Å². The second kappa shape index (κ2) is 5.48. The molecule has 0 bridgehead atoms. The van der Waals surface area contributed by atoms with Gasteiger partial charge in [-0.1, -0.05) is 19.8 Å². The summed E-state index contributed by atoms with van der Waals surface area (Å²) in [6.45, 7) is 1.95. The number of aromatic amines is 1. The zero-order valence-electron chi connectivity index (χ0n) is 10.9. The van der Waals surface area contributed by atoms with Crippen LogP contribution >= 0.6 is 0 Å². The first-order chi connectivity index (χ1) is 8.63. The summed E-state index contributed by atoms with van der Waals surface area (Å²) in [5.74, 6) is 0.667. The molecule has 0 saturated heterocycles. The number of aliphatic hydroxyl groups is 1. The zero-order chi connectivity index (χ0) is 13.1. The van der Waals surface area contributed by atoms with Gasteiger partial charge in [0.05, 0.1) is 12.1 Å². The Morgan fingerprint density at radius 1 is 1.50 bits per heavy atom. The summed E-state index contributed by atoms with van der Waals surface area (Å²) in [7, 11) is 1.71. The maximum Gasteiger partial charge on any atom is 0.293 e. The number of amides is 1. The van der Waals surface area contributed by atoms with E-state index in [0.717, 1.165) is 32.1 Å². The van der Waals surface area contributed by atoms with Crippen molar-refractivity contribution in [2.75, 3.05) is 7.05 Å². The normalized spacial score (nSPS) is 23.9. The first-order valence-electron chi connectivity index (χ1n) is 6.50. The molecule has 2 atom stereocenters. The van der Waals surface area contributed by atoms with Gasteiger partial charge in [0.1, 0.15) is 5.82 Å². The van der Waals surface area contributed by atoms with E-state index in [2.05, 4.69) is 15.2 Å². The molecule has 1 aliphatic carbocycles. The molecule has 100 valence electrons. The van der Waals surface area contributed by atoms with Crippen LogP contribution in [-0.4, -0.2) is 50.3 Å². The minimum absolute atomic E-state index is 0.116. The molecule has 1 fully saturated rings. The molecule has 6 nitrogen and oxygen atoms in total. The molecular weight excluding hydrogens is 232 g/mol. The lowest BCUT2D eigenvalue weighted by molar-refractivity contribution is 0.0261. The summed E-state index contributed by atoms with van der Waals surface area (Å²) in [6, 6.07) is -0.116. The molecule has 0 aliphatic heterocycles. The largest absolute Gasteiger partial charge is 0.391 e. The van der Waals surface area contributed by atoms with E-state index in [1.54, 1.807) is 11.9 Å². The summed E-state index contributed by atoms with van der Waals surface area (Å²) in [5.41, 5.74) is 0. The highest BCUT2D eigenvalue weighted by Gasteiger charge is 2.31. The average molecular weight is 252 g/mol. The highest BCUT2D eigenvalue weighted by molar-refractivity contribution is 5.90. The van der Waals surface area contributed by atoms with Crippen molar-refractivity contribution < 1.29 is 9.90 Å². The van der Waals surface area contributed by atoms with Gasteiger partial charge in [0.25, 0.3) is 5.91 Å². The molecule has 1 aliphatic rings. The fourth-order valence-corrected chi connectivity index (χ4v) is 2.40. The Labute approximate surface area is 106 Å². The van der Waals surface area contributed by atoms with Crippen LogP contribution in [0.3, 0.4) is 0 Å². The van der Waals surface area contributed by atoms with Crippen molar-refractivity contribution >= 4 is 5.91 Å². The number of aryl methyl sites for hydroxylation is 1. The van der Waals surface area contributed by atoms with E-state index in [0.29, 0.717) is 5.82 Å². The van der Waals surface area contributed by atoms with Gasteiger partial charge >= 0.3 is 0 Å². The van der Waals surface area contributed by atoms with Crippen molar-refractivity contribution in [3.63, 3.8) is 0 Å². The molecule has 1 amide bonds. The Hall–Kier alpha value is -1.43. The van der Waals surface area contributed by atoms with Crippen LogP contribution in [-0.2, 0) is 6.42 Å². The van der Waals surface area contributed by atoms with Gasteiger partial charge in [-0.25, -0.2) is 4.98 Å². The van der Waals surface area contributed by atoms with Gasteiger partial charge in [-0.15, -0.1) is 5.10 Å². The molecule has 2 rings (SSSR count). The van der Waals surface area contributed by atoms with Crippen LogP contribution in [0.4, 0.5) is 0 Å². The summed E-state index contributed by atoms with van der Waals surface area (Å²) in [6.07, 6.45) is 3.96. The maximum atomic E-state index is 12.2. The first kappa shape index (κ1) is 13.0. The summed E-state index contributed by atoms with van der Waals surface area (Å²) in [5, 5.41) is 16.6. The van der Waals surface area contributed by atoms with Crippen LogP contribution in [0.25, 0.3) is 0 Å². The number of hydrogen-bond donors (Lipinski definition) is 2. The van der Waals surface area contributed by atoms with Crippen LogP contribution in [0.1, 0.15) is 49.1 Å². The topological polar surface area (TPSA) is 82.1 Å². The zero-order valence-corrected chi connectivity index (χ0v) is 10.9. The number of rotatable bonds is 3. The molecule has 6 heteroatoms. The number of hydrogen-bond acceptors (Lipinski definition) is 4. The fraction of sp³-hybridized carbons (Fsp3) is 0.750. The lowest BCUT2D eigenvalue weighted by Gasteiger charge is -2.34.